The molecule has 0 spiro atoms. The van der Waals surface area contributed by atoms with Gasteiger partial charge in [0.25, 0.3) is 10.0 Å². The predicted molar refractivity (Wildman–Crippen MR) is 156 cm³/mol. The summed E-state index contributed by atoms with van der Waals surface area (Å²) in [5.74, 6) is -0.807. The Morgan fingerprint density at radius 2 is 1.54 bits per heavy atom. The Bertz CT molecular complexity index is 1410. The van der Waals surface area contributed by atoms with Crippen LogP contribution in [0.25, 0.3) is 0 Å². The molecule has 7 nitrogen and oxygen atoms in total. The van der Waals surface area contributed by atoms with Gasteiger partial charge in [-0.3, -0.25) is 13.9 Å². The van der Waals surface area contributed by atoms with Crippen LogP contribution in [0.3, 0.4) is 0 Å². The zero-order chi connectivity index (χ0) is 28.7. The van der Waals surface area contributed by atoms with Gasteiger partial charge in [0.2, 0.25) is 11.8 Å². The minimum atomic E-state index is -4.11. The van der Waals surface area contributed by atoms with Crippen LogP contribution in [0.2, 0.25) is 5.02 Å². The minimum absolute atomic E-state index is 0.0823. The highest BCUT2D eigenvalue weighted by atomic mass is 35.5. The predicted octanol–water partition coefficient (Wildman–Crippen LogP) is 5.40. The maximum absolute atomic E-state index is 13.9. The molecule has 39 heavy (non-hydrogen) atoms. The molecule has 0 saturated heterocycles. The average Bonchev–Trinajstić information content (AvgIpc) is 2.90. The molecule has 0 heterocycles. The molecule has 0 unspecified atom stereocenters. The molecule has 3 aromatic carbocycles. The van der Waals surface area contributed by atoms with Crippen molar-refractivity contribution in [2.24, 2.45) is 0 Å². The number of anilines is 1. The van der Waals surface area contributed by atoms with Gasteiger partial charge >= 0.3 is 0 Å². The van der Waals surface area contributed by atoms with Crippen LogP contribution in [0.15, 0.2) is 71.6 Å². The van der Waals surface area contributed by atoms with Crippen LogP contribution in [0.5, 0.6) is 0 Å². The molecule has 0 aliphatic carbocycles. The molecule has 208 valence electrons. The van der Waals surface area contributed by atoms with E-state index in [9.17, 15) is 18.0 Å². The molecule has 1 N–H and O–H groups in total. The number of carbonyl (C=O) groups is 2. The Kier molecular flexibility index (Phi) is 10.2. The van der Waals surface area contributed by atoms with Crippen LogP contribution in [-0.2, 0) is 26.2 Å². The Morgan fingerprint density at radius 3 is 2.13 bits per heavy atom. The largest absolute Gasteiger partial charge is 0.354 e. The number of carbonyl (C=O) groups excluding carboxylic acids is 2. The fraction of sp³-hybridized carbons (Fsp3) is 0.333. The smallest absolute Gasteiger partial charge is 0.264 e. The van der Waals surface area contributed by atoms with Gasteiger partial charge in [0.1, 0.15) is 12.6 Å². The molecule has 9 heteroatoms. The number of amides is 2. The number of halogens is 1. The van der Waals surface area contributed by atoms with Crippen molar-refractivity contribution in [1.82, 2.24) is 10.2 Å². The third-order valence-corrected chi connectivity index (χ3v) is 8.52. The summed E-state index contributed by atoms with van der Waals surface area (Å²) in [5, 5.41) is 3.39. The first-order chi connectivity index (χ1) is 18.4. The van der Waals surface area contributed by atoms with Gasteiger partial charge in [0.15, 0.2) is 0 Å². The number of benzene rings is 3. The molecular weight excluding hydrogens is 534 g/mol. The number of sulfonamides is 1. The number of nitrogens with zero attached hydrogens (tertiary/aromatic N) is 2. The second-order valence-corrected chi connectivity index (χ2v) is 12.0. The van der Waals surface area contributed by atoms with Crippen molar-refractivity contribution in [3.63, 3.8) is 0 Å². The summed E-state index contributed by atoms with van der Waals surface area (Å²) in [5.41, 5.74) is 3.79. The van der Waals surface area contributed by atoms with Crippen molar-refractivity contribution in [1.29, 1.82) is 0 Å². The molecule has 0 bridgehead atoms. The van der Waals surface area contributed by atoms with Crippen molar-refractivity contribution in [2.75, 3.05) is 17.4 Å². The first-order valence-electron chi connectivity index (χ1n) is 12.9. The van der Waals surface area contributed by atoms with E-state index in [1.54, 1.807) is 49.4 Å². The second kappa shape index (κ2) is 13.1. The quantitative estimate of drug-likeness (QED) is 0.335. The second-order valence-electron chi connectivity index (χ2n) is 9.73. The zero-order valence-corrected chi connectivity index (χ0v) is 24.6. The van der Waals surface area contributed by atoms with Gasteiger partial charge in [-0.25, -0.2) is 8.42 Å². The zero-order valence-electron chi connectivity index (χ0n) is 23.1. The fourth-order valence-corrected chi connectivity index (χ4v) is 5.81. The average molecular weight is 570 g/mol. The lowest BCUT2D eigenvalue weighted by Gasteiger charge is -2.32. The van der Waals surface area contributed by atoms with Crippen molar-refractivity contribution in [3.05, 3.63) is 94.0 Å². The van der Waals surface area contributed by atoms with E-state index in [0.29, 0.717) is 17.3 Å². The highest BCUT2D eigenvalue weighted by Crippen LogP contribution is 2.28. The molecule has 0 aromatic heterocycles. The van der Waals surface area contributed by atoms with Gasteiger partial charge in [0.05, 0.1) is 10.6 Å². The summed E-state index contributed by atoms with van der Waals surface area (Å²) in [6, 6.07) is 18.1. The molecule has 1 atom stereocenters. The normalized spacial score (nSPS) is 12.1. The third-order valence-electron chi connectivity index (χ3n) is 6.49. The Balaban J connectivity index is 2.05. The van der Waals surface area contributed by atoms with Crippen LogP contribution >= 0.6 is 11.6 Å². The van der Waals surface area contributed by atoms with Crippen LogP contribution < -0.4 is 9.62 Å². The van der Waals surface area contributed by atoms with E-state index < -0.39 is 28.5 Å². The van der Waals surface area contributed by atoms with Crippen LogP contribution in [0, 0.1) is 20.8 Å². The van der Waals surface area contributed by atoms with Crippen molar-refractivity contribution in [3.8, 4) is 0 Å². The van der Waals surface area contributed by atoms with E-state index in [2.05, 4.69) is 5.32 Å². The standard InChI is InChI=1S/C30H36ClN3O4S/c1-6-17-32-30(36)24(5)33(19-25-10-12-26(31)13-11-25)29(35)20-34(28-16-9-22(3)18-23(28)4)39(37,38)27-14-7-21(2)8-15-27/h7-16,18,24H,6,17,19-20H2,1-5H3,(H,32,36)/t24-/m1/s1. The van der Waals surface area contributed by atoms with Crippen molar-refractivity contribution >= 4 is 39.1 Å². The summed E-state index contributed by atoms with van der Waals surface area (Å²) in [4.78, 5) is 28.4. The van der Waals surface area contributed by atoms with E-state index in [-0.39, 0.29) is 17.3 Å². The lowest BCUT2D eigenvalue weighted by molar-refractivity contribution is -0.139. The van der Waals surface area contributed by atoms with Gasteiger partial charge in [-0.2, -0.15) is 0 Å². The van der Waals surface area contributed by atoms with E-state index >= 15 is 0 Å². The lowest BCUT2D eigenvalue weighted by Crippen LogP contribution is -2.51. The molecule has 3 rings (SSSR count). The van der Waals surface area contributed by atoms with Crippen LogP contribution in [-0.4, -0.2) is 44.3 Å². The third kappa shape index (κ3) is 7.61. The van der Waals surface area contributed by atoms with E-state index in [1.807, 2.05) is 39.8 Å². The Labute approximate surface area is 236 Å². The molecule has 3 aromatic rings. The lowest BCUT2D eigenvalue weighted by atomic mass is 10.1. The maximum atomic E-state index is 13.9. The first kappa shape index (κ1) is 30.2. The molecule has 0 aliphatic rings. The summed E-state index contributed by atoms with van der Waals surface area (Å²) < 4.78 is 29.0. The number of hydrogen-bond donors (Lipinski definition) is 1. The SMILES string of the molecule is CCCNC(=O)[C@@H](C)N(Cc1ccc(Cl)cc1)C(=O)CN(c1ccc(C)cc1C)S(=O)(=O)c1ccc(C)cc1. The number of nitrogens with one attached hydrogen (secondary N) is 1. The Hall–Kier alpha value is -3.36. The number of hydrogen-bond acceptors (Lipinski definition) is 4. The van der Waals surface area contributed by atoms with Crippen LogP contribution in [0.4, 0.5) is 5.69 Å². The summed E-state index contributed by atoms with van der Waals surface area (Å²) in [6.45, 7) is 9.32. The van der Waals surface area contributed by atoms with E-state index in [1.165, 1.54) is 17.0 Å². The Morgan fingerprint density at radius 1 is 0.923 bits per heavy atom. The van der Waals surface area contributed by atoms with E-state index in [0.717, 1.165) is 33.0 Å². The summed E-state index contributed by atoms with van der Waals surface area (Å²) >= 11 is 6.04. The molecule has 0 radical (unpaired) electrons. The highest BCUT2D eigenvalue weighted by molar-refractivity contribution is 7.92. The molecule has 0 fully saturated rings. The van der Waals surface area contributed by atoms with Gasteiger partial charge in [-0.1, -0.05) is 66.0 Å². The first-order valence-corrected chi connectivity index (χ1v) is 14.7. The van der Waals surface area contributed by atoms with E-state index in [4.69, 9.17) is 11.6 Å². The van der Waals surface area contributed by atoms with Gasteiger partial charge in [-0.15, -0.1) is 0 Å². The molecule has 0 saturated carbocycles. The highest BCUT2D eigenvalue weighted by Gasteiger charge is 2.33. The number of aryl methyl sites for hydroxylation is 3. The fourth-order valence-electron chi connectivity index (χ4n) is 4.20. The molecule has 0 aliphatic heterocycles. The van der Waals surface area contributed by atoms with Crippen LogP contribution in [0.1, 0.15) is 42.5 Å². The van der Waals surface area contributed by atoms with Gasteiger partial charge in [0, 0.05) is 18.1 Å². The molecular formula is C30H36ClN3O4S. The topological polar surface area (TPSA) is 86.8 Å². The monoisotopic (exact) mass is 569 g/mol. The van der Waals surface area contributed by atoms with Gasteiger partial charge in [-0.05, 0) is 75.6 Å². The summed E-state index contributed by atoms with van der Waals surface area (Å²) in [7, 11) is -4.11. The summed E-state index contributed by atoms with van der Waals surface area (Å²) in [6.07, 6.45) is 0.749. The maximum Gasteiger partial charge on any atom is 0.264 e. The minimum Gasteiger partial charge on any atom is -0.354 e. The van der Waals surface area contributed by atoms with Crippen molar-refractivity contribution in [2.45, 2.75) is 58.5 Å². The number of rotatable bonds is 11. The van der Waals surface area contributed by atoms with Crippen molar-refractivity contribution < 1.29 is 18.0 Å². The molecule has 2 amide bonds. The van der Waals surface area contributed by atoms with Gasteiger partial charge < -0.3 is 10.2 Å².